The van der Waals surface area contributed by atoms with Crippen LogP contribution in [0.4, 0.5) is 0 Å². The molecular formula is C23H15N5OS2. The van der Waals surface area contributed by atoms with E-state index in [0.29, 0.717) is 5.82 Å². The number of rotatable bonds is 5. The minimum absolute atomic E-state index is 0.0465. The summed E-state index contributed by atoms with van der Waals surface area (Å²) in [5.41, 5.74) is 3.83. The Morgan fingerprint density at radius 2 is 1.90 bits per heavy atom. The molecule has 5 aromatic rings. The molecule has 31 heavy (non-hydrogen) atoms. The van der Waals surface area contributed by atoms with Gasteiger partial charge in [-0.3, -0.25) is 0 Å². The number of para-hydroxylation sites is 2. The average molecular weight is 442 g/mol. The number of aromatic nitrogens is 4. The number of hydrogen-bond donors (Lipinski definition) is 2. The zero-order chi connectivity index (χ0) is 21.2. The highest BCUT2D eigenvalue weighted by molar-refractivity contribution is 7.99. The molecule has 2 aromatic carbocycles. The van der Waals surface area contributed by atoms with Gasteiger partial charge < -0.3 is 10.1 Å². The van der Waals surface area contributed by atoms with Crippen LogP contribution < -0.4 is 0 Å². The molecule has 0 unspecified atom stereocenters. The van der Waals surface area contributed by atoms with E-state index in [-0.39, 0.29) is 17.1 Å². The normalized spacial score (nSPS) is 12.1. The minimum Gasteiger partial charge on any atom is -0.510 e. The van der Waals surface area contributed by atoms with Crippen molar-refractivity contribution >= 4 is 49.9 Å². The first-order valence-electron chi connectivity index (χ1n) is 9.42. The zero-order valence-corrected chi connectivity index (χ0v) is 17.7. The van der Waals surface area contributed by atoms with E-state index in [1.54, 1.807) is 11.3 Å². The molecule has 3 heterocycles. The summed E-state index contributed by atoms with van der Waals surface area (Å²) in [7, 11) is 0. The minimum atomic E-state index is -0.0465. The fourth-order valence-electron chi connectivity index (χ4n) is 3.32. The van der Waals surface area contributed by atoms with Gasteiger partial charge in [-0.2, -0.15) is 5.26 Å². The number of benzene rings is 2. The molecule has 8 heteroatoms. The van der Waals surface area contributed by atoms with Crippen LogP contribution in [0, 0.1) is 11.3 Å². The Morgan fingerprint density at radius 3 is 2.71 bits per heavy atom. The Hall–Kier alpha value is -3.67. The number of thiophene rings is 1. The first-order valence-corrected chi connectivity index (χ1v) is 11.3. The van der Waals surface area contributed by atoms with Crippen LogP contribution >= 0.6 is 23.1 Å². The first-order chi connectivity index (χ1) is 15.2. The number of thioether (sulfide) groups is 1. The van der Waals surface area contributed by atoms with Crippen LogP contribution in [0.2, 0.25) is 0 Å². The molecule has 0 bridgehead atoms. The van der Waals surface area contributed by atoms with Crippen molar-refractivity contribution in [2.75, 3.05) is 5.75 Å². The zero-order valence-electron chi connectivity index (χ0n) is 16.1. The second-order valence-electron chi connectivity index (χ2n) is 6.70. The van der Waals surface area contributed by atoms with Gasteiger partial charge >= 0.3 is 0 Å². The molecule has 0 aliphatic heterocycles. The van der Waals surface area contributed by atoms with E-state index in [0.717, 1.165) is 37.4 Å². The molecule has 0 radical (unpaired) electrons. The number of imidazole rings is 1. The Bertz CT molecular complexity index is 1430. The molecule has 3 aromatic heterocycles. The van der Waals surface area contributed by atoms with Crippen molar-refractivity contribution in [1.82, 2.24) is 19.9 Å². The predicted octanol–water partition coefficient (Wildman–Crippen LogP) is 5.82. The van der Waals surface area contributed by atoms with Crippen LogP contribution in [0.1, 0.15) is 5.82 Å². The quantitative estimate of drug-likeness (QED) is 0.154. The molecule has 0 spiro atoms. The van der Waals surface area contributed by atoms with Gasteiger partial charge in [0.05, 0.1) is 22.2 Å². The summed E-state index contributed by atoms with van der Waals surface area (Å²) in [6.45, 7) is 0. The van der Waals surface area contributed by atoms with Crippen molar-refractivity contribution in [2.45, 2.75) is 5.03 Å². The maximum atomic E-state index is 10.7. The molecule has 0 atom stereocenters. The highest BCUT2D eigenvalue weighted by Gasteiger charge is 2.17. The van der Waals surface area contributed by atoms with Gasteiger partial charge in [0.15, 0.2) is 5.82 Å². The lowest BCUT2D eigenvalue weighted by Crippen LogP contribution is -1.96. The Balaban J connectivity index is 1.49. The second kappa shape index (κ2) is 8.22. The summed E-state index contributed by atoms with van der Waals surface area (Å²) in [5.74, 6) is 0.501. The van der Waals surface area contributed by atoms with Crippen molar-refractivity contribution in [1.29, 1.82) is 5.26 Å². The molecule has 0 aliphatic rings. The largest absolute Gasteiger partial charge is 0.510 e. The predicted molar refractivity (Wildman–Crippen MR) is 125 cm³/mol. The number of aliphatic hydroxyl groups is 1. The van der Waals surface area contributed by atoms with E-state index in [4.69, 9.17) is 0 Å². The molecule has 6 nitrogen and oxygen atoms in total. The molecule has 0 fully saturated rings. The number of nitrogens with zero attached hydrogens (tertiary/aromatic N) is 4. The van der Waals surface area contributed by atoms with Crippen molar-refractivity contribution < 1.29 is 5.11 Å². The van der Waals surface area contributed by atoms with E-state index in [1.165, 1.54) is 18.1 Å². The number of aliphatic hydroxyl groups excluding tert-OH is 1. The van der Waals surface area contributed by atoms with Crippen molar-refractivity contribution in [3.05, 3.63) is 77.9 Å². The first kappa shape index (κ1) is 19.3. The maximum absolute atomic E-state index is 10.7. The SMILES string of the molecule is N#C/C(=C(/O)CSc1ncnc2scc(-c3ccccc3)c12)c1nc2ccccc2[nH]1. The second-order valence-corrected chi connectivity index (χ2v) is 8.52. The number of fused-ring (bicyclic) bond motifs is 2. The third kappa shape index (κ3) is 3.65. The van der Waals surface area contributed by atoms with E-state index in [1.807, 2.05) is 42.5 Å². The molecule has 0 amide bonds. The number of hydrogen-bond acceptors (Lipinski definition) is 7. The van der Waals surface area contributed by atoms with Crippen LogP contribution in [-0.2, 0) is 0 Å². The van der Waals surface area contributed by atoms with Crippen molar-refractivity contribution in [3.63, 3.8) is 0 Å². The van der Waals surface area contributed by atoms with Gasteiger partial charge in [-0.15, -0.1) is 11.3 Å². The van der Waals surface area contributed by atoms with E-state index < -0.39 is 0 Å². The molecule has 0 saturated carbocycles. The molecule has 150 valence electrons. The number of allylic oxidation sites excluding steroid dienone is 1. The fourth-order valence-corrected chi connectivity index (χ4v) is 5.19. The van der Waals surface area contributed by atoms with E-state index in [9.17, 15) is 10.4 Å². The van der Waals surface area contributed by atoms with Crippen molar-refractivity contribution in [3.8, 4) is 17.2 Å². The third-order valence-corrected chi connectivity index (χ3v) is 6.68. The third-order valence-electron chi connectivity index (χ3n) is 4.79. The number of nitriles is 1. The van der Waals surface area contributed by atoms with Crippen LogP contribution in [0.3, 0.4) is 0 Å². The smallest absolute Gasteiger partial charge is 0.152 e. The lowest BCUT2D eigenvalue weighted by atomic mass is 10.1. The van der Waals surface area contributed by atoms with Crippen LogP contribution in [0.25, 0.3) is 38.0 Å². The summed E-state index contributed by atoms with van der Waals surface area (Å²) in [6, 6.07) is 19.7. The molecule has 0 aliphatic carbocycles. The average Bonchev–Trinajstić information content (AvgIpc) is 3.43. The fraction of sp³-hybridized carbons (Fsp3) is 0.0435. The van der Waals surface area contributed by atoms with E-state index in [2.05, 4.69) is 43.5 Å². The topological polar surface area (TPSA) is 98.5 Å². The van der Waals surface area contributed by atoms with E-state index >= 15 is 0 Å². The standard InChI is InChI=1S/C23H15N5OS2/c24-10-15(21-27-17-8-4-5-9-18(17)28-21)19(29)12-31-23-20-16(14-6-2-1-3-7-14)11-30-22(20)25-13-26-23/h1-9,11,13,29H,12H2,(H,27,28)/b19-15-. The Kier molecular flexibility index (Phi) is 5.12. The maximum Gasteiger partial charge on any atom is 0.152 e. The Labute approximate surface area is 185 Å². The molecular weight excluding hydrogens is 426 g/mol. The molecule has 2 N–H and O–H groups in total. The van der Waals surface area contributed by atoms with Gasteiger partial charge in [0.2, 0.25) is 0 Å². The lowest BCUT2D eigenvalue weighted by Gasteiger charge is -2.06. The number of H-pyrrole nitrogens is 1. The van der Waals surface area contributed by atoms with Crippen LogP contribution in [0.15, 0.2) is 77.1 Å². The Morgan fingerprint density at radius 1 is 1.10 bits per heavy atom. The summed E-state index contributed by atoms with van der Waals surface area (Å²) < 4.78 is 0. The number of aromatic amines is 1. The summed E-state index contributed by atoms with van der Waals surface area (Å²) in [4.78, 5) is 17.2. The van der Waals surface area contributed by atoms with Gasteiger partial charge in [0.25, 0.3) is 0 Å². The number of nitrogens with one attached hydrogen (secondary N) is 1. The summed E-state index contributed by atoms with van der Waals surface area (Å²) in [6.07, 6.45) is 1.53. The monoisotopic (exact) mass is 441 g/mol. The van der Waals surface area contributed by atoms with Gasteiger partial charge in [-0.1, -0.05) is 54.2 Å². The highest BCUT2D eigenvalue weighted by Crippen LogP contribution is 2.38. The molecule has 5 rings (SSSR count). The summed E-state index contributed by atoms with van der Waals surface area (Å²) in [5, 5.41) is 24.1. The molecule has 0 saturated heterocycles. The van der Waals surface area contributed by atoms with Gasteiger partial charge in [0, 0.05) is 10.9 Å². The summed E-state index contributed by atoms with van der Waals surface area (Å²) >= 11 is 2.93. The van der Waals surface area contributed by atoms with Gasteiger partial charge in [-0.05, 0) is 17.7 Å². The van der Waals surface area contributed by atoms with Crippen molar-refractivity contribution in [2.24, 2.45) is 0 Å². The van der Waals surface area contributed by atoms with Gasteiger partial charge in [0.1, 0.15) is 33.6 Å². The van der Waals surface area contributed by atoms with Crippen LogP contribution in [-0.4, -0.2) is 30.8 Å². The van der Waals surface area contributed by atoms with Crippen LogP contribution in [0.5, 0.6) is 0 Å². The van der Waals surface area contributed by atoms with Gasteiger partial charge in [-0.25, -0.2) is 15.0 Å². The lowest BCUT2D eigenvalue weighted by molar-refractivity contribution is 0.420. The highest BCUT2D eigenvalue weighted by atomic mass is 32.2.